The van der Waals surface area contributed by atoms with Crippen LogP contribution in [0.4, 0.5) is 4.79 Å². The summed E-state index contributed by atoms with van der Waals surface area (Å²) in [6, 6.07) is 68.5. The molecule has 22 heteroatoms. The molecule has 8 aromatic carbocycles. The first-order valence-electron chi connectivity index (χ1n) is 33.9. The molecule has 1 amide bonds. The normalized spacial score (nSPS) is 20.0. The van der Waals surface area contributed by atoms with Crippen LogP contribution in [0.5, 0.6) is 0 Å². The molecule has 530 valence electrons. The first kappa shape index (κ1) is 74.3. The maximum absolute atomic E-state index is 14.6. The standard InChI is InChI=1S/C80H82N4O18/c1-56(85)40-45-68(86)100-70-67(55-96-76(88)64-36-20-7-21-37-64)98-78(69(82-83-81)72(70)93-50-59-30-14-4-15-31-59)102-71-66(54-91-49-58-28-12-3-13-29-58)99-79(74(101-77(89)65-38-22-8-23-39-65)73(71)94-51-60-32-16-5-17-33-60)92-47-25-9-24-46-84(48-57-26-10-2-11-27-57)80(90)97-53-62-43-41-61(42-44-62)52-95-75(87)63-34-18-6-19-35-63/h2-8,10-23,26-39,41-44,66-67,69-74,78-79H,9,24-25,40,45-55H2,1H3/t66-,67+,69+,70+,71+,72+,73-,74+,78+,79+/m0/s1. The molecule has 22 nitrogen and oxygen atoms in total. The van der Waals surface area contributed by atoms with E-state index in [9.17, 15) is 34.3 Å². The number of carbonyl (C=O) groups excluding carboxylic acids is 6. The van der Waals surface area contributed by atoms with Crippen LogP contribution in [-0.2, 0) is 106 Å². The Labute approximate surface area is 592 Å². The summed E-state index contributed by atoms with van der Waals surface area (Å²) in [4.78, 5) is 85.9. The van der Waals surface area contributed by atoms with E-state index in [1.54, 1.807) is 89.8 Å². The van der Waals surface area contributed by atoms with Gasteiger partial charge in [-0.3, -0.25) is 4.79 Å². The van der Waals surface area contributed by atoms with E-state index in [-0.39, 0.29) is 82.5 Å². The number of amides is 1. The Morgan fingerprint density at radius 1 is 0.431 bits per heavy atom. The number of Topliss-reactive ketones (excluding diaryl/α,β-unsaturated/α-hetero) is 1. The van der Waals surface area contributed by atoms with E-state index in [0.717, 1.165) is 27.8 Å². The number of carbonyl (C=O) groups is 6. The molecular weight excluding hydrogens is 1300 g/mol. The number of nitrogens with zero attached hydrogens (tertiary/aromatic N) is 4. The van der Waals surface area contributed by atoms with Gasteiger partial charge >= 0.3 is 30.0 Å². The second kappa shape index (κ2) is 39.6. The van der Waals surface area contributed by atoms with E-state index >= 15 is 0 Å². The highest BCUT2D eigenvalue weighted by molar-refractivity contribution is 5.90. The number of ether oxygens (including phenoxy) is 12. The predicted octanol–water partition coefficient (Wildman–Crippen LogP) is 13.6. The lowest BCUT2D eigenvalue weighted by molar-refractivity contribution is -0.353. The van der Waals surface area contributed by atoms with Crippen LogP contribution in [0, 0.1) is 0 Å². The molecule has 2 aliphatic heterocycles. The van der Waals surface area contributed by atoms with E-state index in [1.165, 1.54) is 6.92 Å². The Balaban J connectivity index is 0.923. The van der Waals surface area contributed by atoms with E-state index < -0.39 is 97.9 Å². The quantitative estimate of drug-likeness (QED) is 0.00882. The summed E-state index contributed by atoms with van der Waals surface area (Å²) >= 11 is 0. The minimum atomic E-state index is -1.67. The molecule has 0 saturated carbocycles. The van der Waals surface area contributed by atoms with Gasteiger partial charge in [0, 0.05) is 31.0 Å². The summed E-state index contributed by atoms with van der Waals surface area (Å²) in [5, 5.41) is 4.24. The minimum absolute atomic E-state index is 0.0000961. The monoisotopic (exact) mass is 1390 g/mol. The summed E-state index contributed by atoms with van der Waals surface area (Å²) < 4.78 is 77.9. The Morgan fingerprint density at radius 2 is 0.902 bits per heavy atom. The van der Waals surface area contributed by atoms with Gasteiger partial charge in [0.25, 0.3) is 0 Å². The fourth-order valence-corrected chi connectivity index (χ4v) is 11.5. The van der Waals surface area contributed by atoms with Crippen molar-refractivity contribution >= 4 is 35.8 Å². The van der Waals surface area contributed by atoms with Gasteiger partial charge in [-0.1, -0.05) is 205 Å². The average molecular weight is 1390 g/mol. The van der Waals surface area contributed by atoms with Crippen LogP contribution in [-0.4, -0.2) is 128 Å². The number of hydrogen-bond donors (Lipinski definition) is 0. The lowest BCUT2D eigenvalue weighted by atomic mass is 9.95. The lowest BCUT2D eigenvalue weighted by Crippen LogP contribution is -2.66. The van der Waals surface area contributed by atoms with Gasteiger partial charge in [0.05, 0.1) is 49.5 Å². The molecule has 2 saturated heterocycles. The highest BCUT2D eigenvalue weighted by Gasteiger charge is 2.55. The van der Waals surface area contributed by atoms with Crippen LogP contribution in [0.15, 0.2) is 242 Å². The molecule has 2 aliphatic rings. The van der Waals surface area contributed by atoms with Gasteiger partial charge in [-0.25, -0.2) is 19.2 Å². The first-order chi connectivity index (χ1) is 49.9. The smallest absolute Gasteiger partial charge is 0.410 e. The maximum Gasteiger partial charge on any atom is 0.410 e. The maximum atomic E-state index is 14.6. The SMILES string of the molecule is CC(=O)CCC(=O)O[C@H]1[C@H](OCc2ccccc2)[C@@H](N=[N+]=[N-])[C@@H](O[C@H]2[C@H](OCc3ccccc3)[C@@H](OC(=O)c3ccccc3)[C@H](OCCCCCN(Cc3ccccc3)C(=O)OCc3ccc(COC(=O)c4ccccc4)cc3)O[C@H]2COCc2ccccc2)O[C@@H]1COC(=O)c1ccccc1. The Bertz CT molecular complexity index is 3940. The minimum Gasteiger partial charge on any atom is -0.459 e. The molecule has 0 radical (unpaired) electrons. The number of unbranched alkanes of at least 4 members (excludes halogenated alkanes) is 2. The topological polar surface area (TPSA) is 265 Å². The molecule has 0 aliphatic carbocycles. The van der Waals surface area contributed by atoms with E-state index in [4.69, 9.17) is 56.8 Å². The Kier molecular flexibility index (Phi) is 28.8. The molecule has 0 unspecified atom stereocenters. The summed E-state index contributed by atoms with van der Waals surface area (Å²) in [6.45, 7) is 1.27. The highest BCUT2D eigenvalue weighted by Crippen LogP contribution is 2.37. The summed E-state index contributed by atoms with van der Waals surface area (Å²) in [5.74, 6) is -3.00. The van der Waals surface area contributed by atoms with Crippen LogP contribution in [0.25, 0.3) is 10.4 Å². The molecule has 10 atom stereocenters. The van der Waals surface area contributed by atoms with Crippen molar-refractivity contribution in [2.45, 2.75) is 140 Å². The lowest BCUT2D eigenvalue weighted by Gasteiger charge is -2.49. The second-order valence-corrected chi connectivity index (χ2v) is 24.4. The molecule has 2 fully saturated rings. The molecule has 0 aromatic heterocycles. The third kappa shape index (κ3) is 22.8. The number of benzene rings is 8. The number of hydrogen-bond acceptors (Lipinski definition) is 19. The van der Waals surface area contributed by atoms with Gasteiger partial charge in [-0.15, -0.1) is 0 Å². The number of esters is 4. The summed E-state index contributed by atoms with van der Waals surface area (Å²) in [5.41, 5.74) is 16.1. The predicted molar refractivity (Wildman–Crippen MR) is 372 cm³/mol. The van der Waals surface area contributed by atoms with Crippen LogP contribution in [0.2, 0.25) is 0 Å². The van der Waals surface area contributed by atoms with Crippen LogP contribution in [0.1, 0.15) is 103 Å². The first-order valence-corrected chi connectivity index (χ1v) is 33.9. The molecule has 8 aromatic rings. The molecule has 10 rings (SSSR count). The Morgan fingerprint density at radius 3 is 1.45 bits per heavy atom. The summed E-state index contributed by atoms with van der Waals surface area (Å²) in [7, 11) is 0. The van der Waals surface area contributed by atoms with Crippen molar-refractivity contribution in [3.05, 3.63) is 297 Å². The molecule has 0 N–H and O–H groups in total. The second-order valence-electron chi connectivity index (χ2n) is 24.4. The zero-order valence-corrected chi connectivity index (χ0v) is 56.5. The number of ketones is 1. The zero-order valence-electron chi connectivity index (χ0n) is 56.5. The highest BCUT2D eigenvalue weighted by atomic mass is 16.8. The fourth-order valence-electron chi connectivity index (χ4n) is 11.5. The van der Waals surface area contributed by atoms with Crippen molar-refractivity contribution in [1.29, 1.82) is 0 Å². The molecule has 102 heavy (non-hydrogen) atoms. The third-order valence-corrected chi connectivity index (χ3v) is 16.8. The molecule has 2 heterocycles. The van der Waals surface area contributed by atoms with Crippen molar-refractivity contribution < 1.29 is 85.6 Å². The molecule has 0 spiro atoms. The average Bonchev–Trinajstić information content (AvgIpc) is 0.767. The van der Waals surface area contributed by atoms with Gasteiger partial charge in [0.15, 0.2) is 24.8 Å². The van der Waals surface area contributed by atoms with E-state index in [2.05, 4.69) is 10.0 Å². The van der Waals surface area contributed by atoms with Crippen molar-refractivity contribution in [2.24, 2.45) is 5.11 Å². The van der Waals surface area contributed by atoms with Crippen LogP contribution >= 0.6 is 0 Å². The van der Waals surface area contributed by atoms with Crippen molar-refractivity contribution in [2.75, 3.05) is 26.4 Å². The largest absolute Gasteiger partial charge is 0.459 e. The third-order valence-electron chi connectivity index (χ3n) is 16.8. The Hall–Kier alpha value is -10.4. The molecular formula is C80H82N4O18. The van der Waals surface area contributed by atoms with E-state index in [0.29, 0.717) is 36.9 Å². The van der Waals surface area contributed by atoms with Crippen molar-refractivity contribution in [3.8, 4) is 0 Å². The van der Waals surface area contributed by atoms with Gasteiger partial charge in [-0.05, 0) is 101 Å². The van der Waals surface area contributed by atoms with Gasteiger partial charge < -0.3 is 66.5 Å². The van der Waals surface area contributed by atoms with Gasteiger partial charge in [0.2, 0.25) is 0 Å². The number of azide groups is 1. The zero-order chi connectivity index (χ0) is 71.1. The summed E-state index contributed by atoms with van der Waals surface area (Å²) in [6.07, 6.45) is -12.0. The van der Waals surface area contributed by atoms with Crippen molar-refractivity contribution in [1.82, 2.24) is 4.90 Å². The van der Waals surface area contributed by atoms with Crippen molar-refractivity contribution in [3.63, 3.8) is 0 Å². The van der Waals surface area contributed by atoms with Gasteiger partial charge in [-0.2, -0.15) is 0 Å². The van der Waals surface area contributed by atoms with Crippen LogP contribution in [0.3, 0.4) is 0 Å². The van der Waals surface area contributed by atoms with Gasteiger partial charge in [0.1, 0.15) is 62.2 Å². The number of rotatable bonds is 36. The van der Waals surface area contributed by atoms with Crippen LogP contribution < -0.4 is 0 Å². The molecule has 0 bridgehead atoms. The fraction of sp³-hybridized carbons (Fsp3) is 0.325. The van der Waals surface area contributed by atoms with E-state index in [1.807, 2.05) is 152 Å².